The number of unbranched alkanes of at least 4 members (excludes halogenated alkanes) is 2. The van der Waals surface area contributed by atoms with Crippen LogP contribution in [0.1, 0.15) is 96.1 Å². The lowest BCUT2D eigenvalue weighted by Crippen LogP contribution is -2.33. The molecule has 2 aromatic carbocycles. The van der Waals surface area contributed by atoms with Crippen molar-refractivity contribution in [3.8, 4) is 0 Å². The highest BCUT2D eigenvalue weighted by Gasteiger charge is 2.46. The number of fused-ring (bicyclic) bond motifs is 2. The zero-order valence-electron chi connectivity index (χ0n) is 46.5. The van der Waals surface area contributed by atoms with Crippen LogP contribution in [0.4, 0.5) is 11.4 Å². The van der Waals surface area contributed by atoms with Gasteiger partial charge < -0.3 is 49.5 Å². The number of hydrogen-bond donors (Lipinski definition) is 9. The summed E-state index contributed by atoms with van der Waals surface area (Å²) in [6, 6.07) is 8.96. The quantitative estimate of drug-likeness (QED) is 0.0104. The monoisotopic (exact) mass is 1320 g/mol. The molecule has 2 amide bonds. The zero-order valence-corrected chi connectivity index (χ0v) is 52.5. The predicted octanol–water partition coefficient (Wildman–Crippen LogP) is 5.15. The van der Waals surface area contributed by atoms with Crippen molar-refractivity contribution in [1.29, 1.82) is 0 Å². The number of aliphatic hydroxyl groups excluding tert-OH is 1. The summed E-state index contributed by atoms with van der Waals surface area (Å²) < 4.78 is 125. The molecule has 0 aliphatic carbocycles. The van der Waals surface area contributed by atoms with Gasteiger partial charge in [-0.05, 0) is 75.6 Å². The number of ether oxygens (including phenoxy) is 1. The van der Waals surface area contributed by atoms with Crippen molar-refractivity contribution >= 4 is 100 Å². The minimum Gasteiger partial charge on any atom is -0.744 e. The Morgan fingerprint density at radius 2 is 1.55 bits per heavy atom. The lowest BCUT2D eigenvalue weighted by molar-refractivity contribution is -0.438. The molecular weight excluding hydrogens is 1260 g/mol. The van der Waals surface area contributed by atoms with E-state index in [1.165, 1.54) is 58.0 Å². The minimum atomic E-state index is -5.80. The van der Waals surface area contributed by atoms with E-state index >= 15 is 0 Å². The number of carbonyl (C=O) groups is 2. The Bertz CT molecular complexity index is 3670. The van der Waals surface area contributed by atoms with E-state index in [4.69, 9.17) is 14.5 Å². The summed E-state index contributed by atoms with van der Waals surface area (Å²) in [6.07, 6.45) is 11.4. The SMILES string of the molecule is CCN1C(=CC=CC=CC2=[N+](CCCCCC(=O)NCCSSCCC(=O)NC/C=C/c3cn([C@H]4CC(O)[C@@H](COP(=O)(O)OP(=O)(O)OP(=O)(O)O)O4)c(=O)[nH]c3=O)c3ccc(S(=O)(=O)O)cc3C2(C)C)C(C)(C)c2cc(S(=O)(=O)[O-])ccc21. The van der Waals surface area contributed by atoms with Gasteiger partial charge in [0.1, 0.15) is 29.0 Å². The maximum Gasteiger partial charge on any atom is 0.490 e. The third kappa shape index (κ3) is 18.9. The Morgan fingerprint density at radius 3 is 2.24 bits per heavy atom. The number of aromatic nitrogens is 2. The van der Waals surface area contributed by atoms with Gasteiger partial charge in [-0.1, -0.05) is 65.8 Å². The van der Waals surface area contributed by atoms with Gasteiger partial charge in [0.25, 0.3) is 15.7 Å². The number of amides is 2. The van der Waals surface area contributed by atoms with Crippen molar-refractivity contribution < 1.29 is 96.4 Å². The number of likely N-dealkylation sites (N-methyl/N-ethyl adjacent to an activating group) is 1. The van der Waals surface area contributed by atoms with Crippen molar-refractivity contribution in [3.05, 3.63) is 122 Å². The van der Waals surface area contributed by atoms with E-state index in [0.717, 1.165) is 44.7 Å². The molecule has 468 valence electrons. The fourth-order valence-electron chi connectivity index (χ4n) is 9.66. The molecule has 5 atom stereocenters. The molecule has 0 saturated carbocycles. The van der Waals surface area contributed by atoms with Crippen LogP contribution in [0.5, 0.6) is 0 Å². The number of aliphatic hydroxyl groups is 1. The topological polar surface area (TPSA) is 420 Å². The van der Waals surface area contributed by atoms with E-state index in [1.807, 2.05) is 65.0 Å². The molecule has 3 unspecified atom stereocenters. The van der Waals surface area contributed by atoms with Crippen LogP contribution in [0.15, 0.2) is 104 Å². The molecule has 3 aromatic rings. The summed E-state index contributed by atoms with van der Waals surface area (Å²) in [4.78, 5) is 90.4. The summed E-state index contributed by atoms with van der Waals surface area (Å²) in [6.45, 7) is 10.4. The van der Waals surface area contributed by atoms with E-state index in [9.17, 15) is 73.7 Å². The fraction of sp³-hybridized carbons (Fsp3) is 0.460. The predicted molar refractivity (Wildman–Crippen MR) is 315 cm³/mol. The Hall–Kier alpha value is -4.66. The van der Waals surface area contributed by atoms with Crippen molar-refractivity contribution in [1.82, 2.24) is 20.2 Å². The van der Waals surface area contributed by atoms with Crippen molar-refractivity contribution in [2.75, 3.05) is 49.2 Å². The van der Waals surface area contributed by atoms with E-state index in [-0.39, 0.29) is 46.6 Å². The zero-order chi connectivity index (χ0) is 62.9. The number of hydrogen-bond acceptors (Lipinski definition) is 20. The molecule has 1 aromatic heterocycles. The highest BCUT2D eigenvalue weighted by Crippen LogP contribution is 2.66. The third-order valence-electron chi connectivity index (χ3n) is 13.7. The number of benzene rings is 2. The highest BCUT2D eigenvalue weighted by molar-refractivity contribution is 8.76. The summed E-state index contributed by atoms with van der Waals surface area (Å²) in [5.41, 5.74) is 1.78. The number of nitrogens with one attached hydrogen (secondary N) is 3. The second-order valence-electron chi connectivity index (χ2n) is 20.4. The fourth-order valence-corrected chi connectivity index (χ4v) is 15.6. The van der Waals surface area contributed by atoms with E-state index < -0.39 is 90.8 Å². The van der Waals surface area contributed by atoms with Crippen molar-refractivity contribution in [3.63, 3.8) is 0 Å². The Balaban J connectivity index is 0.905. The van der Waals surface area contributed by atoms with Gasteiger partial charge in [-0.25, -0.2) is 26.9 Å². The smallest absolute Gasteiger partial charge is 0.490 e. The Morgan fingerprint density at radius 1 is 0.871 bits per heavy atom. The average Bonchev–Trinajstić information content (AvgIpc) is 3.86. The number of carbonyl (C=O) groups excluding carboxylic acids is 2. The first-order valence-corrected chi connectivity index (χ1v) is 36.0. The van der Waals surface area contributed by atoms with Crippen LogP contribution in [0, 0.1) is 0 Å². The van der Waals surface area contributed by atoms with Gasteiger partial charge in [0.15, 0.2) is 5.71 Å². The van der Waals surface area contributed by atoms with Gasteiger partial charge in [-0.3, -0.25) is 33.0 Å². The maximum atomic E-state index is 12.7. The molecule has 0 radical (unpaired) electrons. The van der Waals surface area contributed by atoms with Crippen LogP contribution in [0.25, 0.3) is 6.08 Å². The number of phosphoric acid groups is 3. The largest absolute Gasteiger partial charge is 0.744 e. The van der Waals surface area contributed by atoms with Crippen molar-refractivity contribution in [2.24, 2.45) is 0 Å². The molecule has 1 saturated heterocycles. The minimum absolute atomic E-state index is 0.00564. The number of H-pyrrole nitrogens is 1. The molecule has 1 fully saturated rings. The average molecular weight is 1330 g/mol. The molecule has 0 spiro atoms. The second kappa shape index (κ2) is 28.7. The Kier molecular flexibility index (Phi) is 23.4. The standard InChI is InChI=1S/C50H67N6O22P3S4/c1-6-54-38-20-18-34(84(69,70)71)28-36(38)49(2,3)42(54)15-9-7-10-16-43-50(4,5)37-29-35(85(72,73)74)19-21-39(37)55(43)25-12-8-11-17-44(58)52-24-27-83-82-26-22-45(59)51-23-13-14-33-31-56(48(61)53-47(33)60)46-30-40(57)41(76-46)32-75-80(65,66)78-81(67,68)77-79(62,63)64/h7,9-10,13-16,18-21,28-29,31,40-41,46,57H,6,8,11-12,17,22-27,30,32H2,1-5H3,(H8-,51,52,53,58,59,60,61,62,63,64,65,66,67,68,69,70,71,72,73,74)/b14-13+/t40?,41-,46-/m1/s1. The summed E-state index contributed by atoms with van der Waals surface area (Å²) in [7, 11) is -23.2. The number of aromatic amines is 1. The summed E-state index contributed by atoms with van der Waals surface area (Å²) in [5, 5.41) is 16.0. The highest BCUT2D eigenvalue weighted by atomic mass is 33.1. The van der Waals surface area contributed by atoms with Gasteiger partial charge in [0.2, 0.25) is 17.5 Å². The molecule has 3 aliphatic heterocycles. The molecule has 35 heteroatoms. The van der Waals surface area contributed by atoms with Gasteiger partial charge in [-0.2, -0.15) is 21.6 Å². The lowest BCUT2D eigenvalue weighted by atomic mass is 9.81. The molecule has 28 nitrogen and oxygen atoms in total. The number of rotatable bonds is 30. The molecule has 6 rings (SSSR count). The van der Waals surface area contributed by atoms with Gasteiger partial charge in [0.05, 0.1) is 33.5 Å². The first-order chi connectivity index (χ1) is 39.5. The van der Waals surface area contributed by atoms with Gasteiger partial charge >= 0.3 is 29.2 Å². The van der Waals surface area contributed by atoms with Gasteiger partial charge in [-0.15, -0.1) is 0 Å². The van der Waals surface area contributed by atoms with Crippen molar-refractivity contribution in [2.45, 2.75) is 112 Å². The van der Waals surface area contributed by atoms with Crippen LogP contribution in [-0.4, -0.2) is 139 Å². The van der Waals surface area contributed by atoms with Crippen LogP contribution in [0.2, 0.25) is 0 Å². The van der Waals surface area contributed by atoms with Crippen LogP contribution >= 0.6 is 45.1 Å². The van der Waals surface area contributed by atoms with E-state index in [0.29, 0.717) is 56.8 Å². The number of allylic oxidation sites excluding steroid dienone is 6. The number of phosphoric ester groups is 1. The second-order valence-corrected chi connectivity index (χ2v) is 30.4. The number of nitrogens with zero attached hydrogens (tertiary/aromatic N) is 3. The Labute approximate surface area is 497 Å². The lowest BCUT2D eigenvalue weighted by Gasteiger charge is -2.25. The molecule has 85 heavy (non-hydrogen) atoms. The van der Waals surface area contributed by atoms with E-state index in [2.05, 4.69) is 38.2 Å². The van der Waals surface area contributed by atoms with Crippen LogP contribution in [0.3, 0.4) is 0 Å². The molecule has 9 N–H and O–H groups in total. The van der Waals surface area contributed by atoms with Crippen LogP contribution in [-0.2, 0) is 72.2 Å². The first-order valence-electron chi connectivity index (χ1n) is 26.2. The summed E-state index contributed by atoms with van der Waals surface area (Å²) in [5.74, 6) is 0.630. The molecule has 3 aliphatic rings. The molecule has 0 bridgehead atoms. The number of anilines is 1. The molecular formula is C50H67N6O22P3S4. The normalized spacial score (nSPS) is 20.6. The maximum absolute atomic E-state index is 12.7. The summed E-state index contributed by atoms with van der Waals surface area (Å²) >= 11 is 0. The third-order valence-corrected chi connectivity index (χ3v) is 21.6. The van der Waals surface area contributed by atoms with Gasteiger partial charge in [0, 0.05) is 97.5 Å². The van der Waals surface area contributed by atoms with E-state index in [1.54, 1.807) is 12.1 Å². The molecule has 4 heterocycles. The first kappa shape index (κ1) is 69.4. The van der Waals surface area contributed by atoms with Crippen LogP contribution < -0.4 is 26.8 Å².